The van der Waals surface area contributed by atoms with E-state index in [-0.39, 0.29) is 30.9 Å². The quantitative estimate of drug-likeness (QED) is 0.530. The molecule has 1 N–H and O–H groups in total. The van der Waals surface area contributed by atoms with Gasteiger partial charge in [-0.05, 0) is 58.0 Å². The summed E-state index contributed by atoms with van der Waals surface area (Å²) in [5.41, 5.74) is 3.10. The van der Waals surface area contributed by atoms with E-state index < -0.39 is 5.41 Å². The van der Waals surface area contributed by atoms with Crippen molar-refractivity contribution in [1.29, 1.82) is 0 Å². The Morgan fingerprint density at radius 2 is 1.97 bits per heavy atom. The molecule has 0 bridgehead atoms. The van der Waals surface area contributed by atoms with Gasteiger partial charge in [-0.1, -0.05) is 11.6 Å². The van der Waals surface area contributed by atoms with Crippen LogP contribution in [0.1, 0.15) is 36.0 Å². The molecule has 1 amide bonds. The predicted octanol–water partition coefficient (Wildman–Crippen LogP) is 3.43. The maximum Gasteiger partial charge on any atom is 0.312 e. The highest BCUT2D eigenvalue weighted by molar-refractivity contribution is 6.33. The van der Waals surface area contributed by atoms with Gasteiger partial charge in [0.15, 0.2) is 0 Å². The lowest BCUT2D eigenvalue weighted by Gasteiger charge is -2.36. The zero-order chi connectivity index (χ0) is 24.3. The number of aryl methyl sites for hydroxylation is 2. The molecule has 1 atom stereocenters. The van der Waals surface area contributed by atoms with E-state index in [2.05, 4.69) is 0 Å². The van der Waals surface area contributed by atoms with E-state index >= 15 is 0 Å². The SMILES string of the molecule is Cc1cc2occ(CC(=O)N3CCC4(CC3)CC(CN(C)C)OC4=O)c2c(C)c1Cl.O=CO. The first kappa shape index (κ1) is 25.1. The Kier molecular flexibility index (Phi) is 7.69. The number of furan rings is 1. The van der Waals surface area contributed by atoms with Gasteiger partial charge in [0, 0.05) is 42.0 Å². The molecule has 9 heteroatoms. The number of halogens is 1. The number of likely N-dealkylation sites (tertiary alicyclic amines) is 1. The van der Waals surface area contributed by atoms with E-state index in [1.807, 2.05) is 43.8 Å². The Labute approximate surface area is 198 Å². The fourth-order valence-corrected chi connectivity index (χ4v) is 5.10. The Morgan fingerprint density at radius 3 is 2.58 bits per heavy atom. The van der Waals surface area contributed by atoms with Crippen molar-refractivity contribution in [2.24, 2.45) is 5.41 Å². The van der Waals surface area contributed by atoms with Gasteiger partial charge in [0.1, 0.15) is 11.7 Å². The second kappa shape index (κ2) is 10.1. The van der Waals surface area contributed by atoms with Gasteiger partial charge in [-0.25, -0.2) is 0 Å². The van der Waals surface area contributed by atoms with Crippen molar-refractivity contribution < 1.29 is 28.6 Å². The van der Waals surface area contributed by atoms with Gasteiger partial charge in [0.05, 0.1) is 18.1 Å². The third kappa shape index (κ3) is 5.17. The normalized spacial score (nSPS) is 19.5. The molecule has 2 aliphatic rings. The molecule has 3 heterocycles. The second-order valence-corrected chi connectivity index (χ2v) is 9.58. The molecule has 2 aromatic rings. The van der Waals surface area contributed by atoms with Crippen LogP contribution < -0.4 is 0 Å². The number of hydrogen-bond acceptors (Lipinski definition) is 6. The number of rotatable bonds is 4. The predicted molar refractivity (Wildman–Crippen MR) is 124 cm³/mol. The molecule has 1 spiro atoms. The van der Waals surface area contributed by atoms with Crippen molar-refractivity contribution >= 4 is 40.9 Å². The number of ether oxygens (including phenoxy) is 1. The van der Waals surface area contributed by atoms with Crippen LogP contribution in [0.5, 0.6) is 0 Å². The number of likely N-dealkylation sites (N-methyl/N-ethyl adjacent to an activating group) is 1. The number of amides is 1. The summed E-state index contributed by atoms with van der Waals surface area (Å²) in [5, 5.41) is 8.53. The van der Waals surface area contributed by atoms with Crippen LogP contribution in [0.3, 0.4) is 0 Å². The van der Waals surface area contributed by atoms with E-state index in [0.29, 0.717) is 31.0 Å². The molecule has 8 nitrogen and oxygen atoms in total. The van der Waals surface area contributed by atoms with Crippen LogP contribution in [0.2, 0.25) is 5.02 Å². The molecular formula is C24H31ClN2O6. The van der Waals surface area contributed by atoms with Gasteiger partial charge in [-0.2, -0.15) is 0 Å². The van der Waals surface area contributed by atoms with Crippen molar-refractivity contribution in [3.05, 3.63) is 34.0 Å². The van der Waals surface area contributed by atoms with Crippen molar-refractivity contribution in [3.63, 3.8) is 0 Å². The van der Waals surface area contributed by atoms with Gasteiger partial charge in [0.2, 0.25) is 5.91 Å². The number of cyclic esters (lactones) is 1. The van der Waals surface area contributed by atoms with Crippen LogP contribution >= 0.6 is 11.6 Å². The molecule has 4 rings (SSSR count). The summed E-state index contributed by atoms with van der Waals surface area (Å²) >= 11 is 6.41. The Morgan fingerprint density at radius 1 is 1.33 bits per heavy atom. The van der Waals surface area contributed by atoms with E-state index in [0.717, 1.165) is 40.6 Å². The largest absolute Gasteiger partial charge is 0.483 e. The highest BCUT2D eigenvalue weighted by atomic mass is 35.5. The fraction of sp³-hybridized carbons (Fsp3) is 0.542. The van der Waals surface area contributed by atoms with E-state index in [1.165, 1.54) is 0 Å². The summed E-state index contributed by atoms with van der Waals surface area (Å²) in [4.78, 5) is 37.8. The average Bonchev–Trinajstić information content (AvgIpc) is 3.27. The van der Waals surface area contributed by atoms with Crippen molar-refractivity contribution in [3.8, 4) is 0 Å². The Bertz CT molecular complexity index is 1040. The van der Waals surface area contributed by atoms with Crippen molar-refractivity contribution in [2.75, 3.05) is 33.7 Å². The summed E-state index contributed by atoms with van der Waals surface area (Å²) in [5.74, 6) is -0.0391. The number of piperidine rings is 1. The van der Waals surface area contributed by atoms with Crippen LogP contribution in [0, 0.1) is 19.3 Å². The third-order valence-electron chi connectivity index (χ3n) is 6.60. The lowest BCUT2D eigenvalue weighted by molar-refractivity contribution is -0.152. The topological polar surface area (TPSA) is 100 Å². The third-order valence-corrected chi connectivity index (χ3v) is 7.18. The average molecular weight is 479 g/mol. The molecule has 1 unspecified atom stereocenters. The number of nitrogens with zero attached hydrogens (tertiary/aromatic N) is 2. The van der Waals surface area contributed by atoms with Crippen molar-refractivity contribution in [1.82, 2.24) is 9.80 Å². The van der Waals surface area contributed by atoms with E-state index in [1.54, 1.807) is 6.26 Å². The Hall–Kier alpha value is -2.58. The monoisotopic (exact) mass is 478 g/mol. The smallest absolute Gasteiger partial charge is 0.312 e. The summed E-state index contributed by atoms with van der Waals surface area (Å²) in [6.07, 6.45) is 3.96. The van der Waals surface area contributed by atoms with Crippen molar-refractivity contribution in [2.45, 2.75) is 45.6 Å². The lowest BCUT2D eigenvalue weighted by Crippen LogP contribution is -2.45. The number of esters is 1. The first-order valence-electron chi connectivity index (χ1n) is 11.0. The van der Waals surface area contributed by atoms with Gasteiger partial charge >= 0.3 is 5.97 Å². The zero-order valence-electron chi connectivity index (χ0n) is 19.5. The number of hydrogen-bond donors (Lipinski definition) is 1. The maximum absolute atomic E-state index is 13.0. The van der Waals surface area contributed by atoms with Crippen LogP contribution in [-0.4, -0.2) is 73.1 Å². The number of benzene rings is 1. The lowest BCUT2D eigenvalue weighted by atomic mass is 9.76. The fourth-order valence-electron chi connectivity index (χ4n) is 4.95. The minimum Gasteiger partial charge on any atom is -0.483 e. The number of carbonyl (C=O) groups excluding carboxylic acids is 2. The van der Waals surface area contributed by atoms with Gasteiger partial charge < -0.3 is 24.1 Å². The number of fused-ring (bicyclic) bond motifs is 1. The highest BCUT2D eigenvalue weighted by Crippen LogP contribution is 2.43. The number of carboxylic acid groups (broad SMARTS) is 1. The van der Waals surface area contributed by atoms with Gasteiger partial charge in [-0.15, -0.1) is 0 Å². The molecular weight excluding hydrogens is 448 g/mol. The molecule has 0 radical (unpaired) electrons. The summed E-state index contributed by atoms with van der Waals surface area (Å²) in [6.45, 7) is 5.56. The first-order chi connectivity index (χ1) is 15.6. The standard InChI is InChI=1S/C23H29ClN2O4.CH2O2/c1-14-9-18-20(15(2)21(14)24)16(13-29-18)10-19(27)26-7-5-23(6-8-26)11-17(12-25(3)4)30-22(23)28;2-1-3/h9,13,17H,5-8,10-12H2,1-4H3;1H,(H,2,3). The maximum atomic E-state index is 13.0. The van der Waals surface area contributed by atoms with E-state index in [4.69, 9.17) is 30.7 Å². The zero-order valence-corrected chi connectivity index (χ0v) is 20.3. The Balaban J connectivity index is 0.000000968. The second-order valence-electron chi connectivity index (χ2n) is 9.20. The van der Waals surface area contributed by atoms with Gasteiger partial charge in [-0.3, -0.25) is 14.4 Å². The molecule has 2 fully saturated rings. The first-order valence-corrected chi connectivity index (χ1v) is 11.4. The molecule has 33 heavy (non-hydrogen) atoms. The summed E-state index contributed by atoms with van der Waals surface area (Å²) in [6, 6.07) is 1.92. The minimum atomic E-state index is -0.429. The van der Waals surface area contributed by atoms with Crippen LogP contribution in [-0.2, 0) is 25.5 Å². The van der Waals surface area contributed by atoms with E-state index in [9.17, 15) is 9.59 Å². The molecule has 0 saturated carbocycles. The summed E-state index contributed by atoms with van der Waals surface area (Å²) < 4.78 is 11.3. The molecule has 2 saturated heterocycles. The number of carbonyl (C=O) groups is 3. The molecule has 1 aromatic carbocycles. The van der Waals surface area contributed by atoms with Crippen LogP contribution in [0.4, 0.5) is 0 Å². The van der Waals surface area contributed by atoms with Gasteiger partial charge in [0.25, 0.3) is 6.47 Å². The van der Waals surface area contributed by atoms with Crippen LogP contribution in [0.25, 0.3) is 11.0 Å². The van der Waals surface area contributed by atoms with Crippen LogP contribution in [0.15, 0.2) is 16.7 Å². The molecule has 2 aliphatic heterocycles. The summed E-state index contributed by atoms with van der Waals surface area (Å²) in [7, 11) is 3.96. The molecule has 1 aromatic heterocycles. The molecule has 180 valence electrons. The highest BCUT2D eigenvalue weighted by Gasteiger charge is 2.50. The minimum absolute atomic E-state index is 0.0526. The molecule has 0 aliphatic carbocycles.